The fourth-order valence-corrected chi connectivity index (χ4v) is 1.16. The first-order valence-corrected chi connectivity index (χ1v) is 4.85. The number of halogens is 2. The number of nitrogens with zero attached hydrogens (tertiary/aromatic N) is 3. The molecule has 0 bridgehead atoms. The maximum absolute atomic E-state index is 5.88. The summed E-state index contributed by atoms with van der Waals surface area (Å²) in [4.78, 5) is 10.2. The third-order valence-electron chi connectivity index (χ3n) is 1.36. The van der Waals surface area contributed by atoms with Gasteiger partial charge in [-0.15, -0.1) is 0 Å². The van der Waals surface area contributed by atoms with Crippen LogP contribution in [0.5, 0.6) is 0 Å². The second-order valence-electron chi connectivity index (χ2n) is 2.61. The van der Waals surface area contributed by atoms with Crippen molar-refractivity contribution in [3.05, 3.63) is 14.4 Å². The van der Waals surface area contributed by atoms with E-state index in [1.54, 1.807) is 0 Å². The summed E-state index contributed by atoms with van der Waals surface area (Å²) in [5, 5.41) is 0.520. The zero-order valence-corrected chi connectivity index (χ0v) is 10.0. The summed E-state index contributed by atoms with van der Waals surface area (Å²) < 4.78 is 0.917. The Balaban J connectivity index is 3.21. The van der Waals surface area contributed by atoms with Crippen molar-refractivity contribution in [1.29, 1.82) is 0 Å². The quantitative estimate of drug-likeness (QED) is 0.587. The smallest absolute Gasteiger partial charge is 0.226 e. The molecule has 0 radical (unpaired) electrons. The van der Waals surface area contributed by atoms with E-state index in [4.69, 9.17) is 11.6 Å². The van der Waals surface area contributed by atoms with E-state index in [2.05, 4.69) is 32.6 Å². The highest BCUT2D eigenvalue weighted by Crippen LogP contribution is 2.20. The van der Waals surface area contributed by atoms with Crippen LogP contribution in [-0.4, -0.2) is 24.1 Å². The van der Waals surface area contributed by atoms with Gasteiger partial charge in [-0.05, 0) is 29.5 Å². The molecule has 0 unspecified atom stereocenters. The maximum atomic E-state index is 5.88. The average molecular weight is 298 g/mol. The Morgan fingerprint density at radius 3 is 2.33 bits per heavy atom. The monoisotopic (exact) mass is 297 g/mol. The number of aryl methyl sites for hydroxylation is 1. The van der Waals surface area contributed by atoms with Crippen molar-refractivity contribution >= 4 is 40.1 Å². The highest BCUT2D eigenvalue weighted by atomic mass is 127. The van der Waals surface area contributed by atoms with Gasteiger partial charge in [-0.3, -0.25) is 0 Å². The highest BCUT2D eigenvalue weighted by Gasteiger charge is 2.07. The van der Waals surface area contributed by atoms with Gasteiger partial charge in [0.1, 0.15) is 5.15 Å². The summed E-state index contributed by atoms with van der Waals surface area (Å²) in [5.74, 6) is 0.651. The van der Waals surface area contributed by atoms with E-state index in [0.717, 1.165) is 9.26 Å². The number of hydrogen-bond acceptors (Lipinski definition) is 3. The molecular weight excluding hydrogens is 288 g/mol. The van der Waals surface area contributed by atoms with Crippen molar-refractivity contribution in [2.24, 2.45) is 0 Å². The summed E-state index contributed by atoms with van der Waals surface area (Å²) in [6, 6.07) is 0. The van der Waals surface area contributed by atoms with E-state index < -0.39 is 0 Å². The van der Waals surface area contributed by atoms with Gasteiger partial charge >= 0.3 is 0 Å². The van der Waals surface area contributed by atoms with Gasteiger partial charge in [-0.25, -0.2) is 4.98 Å². The number of hydrogen-bond donors (Lipinski definition) is 0. The topological polar surface area (TPSA) is 29.0 Å². The van der Waals surface area contributed by atoms with Crippen molar-refractivity contribution in [3.8, 4) is 0 Å². The molecule has 12 heavy (non-hydrogen) atoms. The largest absolute Gasteiger partial charge is 0.347 e. The van der Waals surface area contributed by atoms with Gasteiger partial charge in [-0.1, -0.05) is 11.6 Å². The molecule has 0 aliphatic rings. The van der Waals surface area contributed by atoms with Crippen LogP contribution in [0.2, 0.25) is 5.15 Å². The molecule has 0 aromatic carbocycles. The number of anilines is 1. The van der Waals surface area contributed by atoms with E-state index in [-0.39, 0.29) is 0 Å². The Bertz CT molecular complexity index is 278. The number of rotatable bonds is 1. The van der Waals surface area contributed by atoms with Crippen molar-refractivity contribution in [2.45, 2.75) is 6.92 Å². The van der Waals surface area contributed by atoms with Crippen LogP contribution in [0, 0.1) is 10.5 Å². The molecule has 1 aromatic rings. The van der Waals surface area contributed by atoms with E-state index in [0.29, 0.717) is 11.1 Å². The van der Waals surface area contributed by atoms with Crippen LogP contribution in [-0.2, 0) is 0 Å². The Labute approximate surface area is 90.3 Å². The molecule has 3 nitrogen and oxygen atoms in total. The fourth-order valence-electron chi connectivity index (χ4n) is 0.710. The summed E-state index contributed by atoms with van der Waals surface area (Å²) in [6.45, 7) is 1.92. The lowest BCUT2D eigenvalue weighted by molar-refractivity contribution is 0.969. The Hall–Kier alpha value is -0.100. The molecule has 0 aliphatic heterocycles. The fraction of sp³-hybridized carbons (Fsp3) is 0.429. The third-order valence-corrected chi connectivity index (χ3v) is 3.25. The molecule has 0 saturated carbocycles. The minimum Gasteiger partial charge on any atom is -0.347 e. The molecule has 1 heterocycles. The van der Waals surface area contributed by atoms with Crippen LogP contribution >= 0.6 is 34.2 Å². The lowest BCUT2D eigenvalue weighted by atomic mass is 10.4. The maximum Gasteiger partial charge on any atom is 0.226 e. The minimum absolute atomic E-state index is 0.520. The zero-order valence-electron chi connectivity index (χ0n) is 7.10. The standard InChI is InChI=1S/C7H9ClIN3/c1-4-5(9)6(8)11-7(10-4)12(2)3/h1-3H3. The van der Waals surface area contributed by atoms with Crippen LogP contribution in [0.1, 0.15) is 5.69 Å². The molecule has 0 spiro atoms. The van der Waals surface area contributed by atoms with Gasteiger partial charge in [0.15, 0.2) is 0 Å². The first kappa shape index (κ1) is 9.98. The Morgan fingerprint density at radius 1 is 1.33 bits per heavy atom. The van der Waals surface area contributed by atoms with E-state index >= 15 is 0 Å². The van der Waals surface area contributed by atoms with Crippen LogP contribution in [0.15, 0.2) is 0 Å². The Morgan fingerprint density at radius 2 is 1.92 bits per heavy atom. The predicted molar refractivity (Wildman–Crippen MR) is 58.8 cm³/mol. The lowest BCUT2D eigenvalue weighted by Gasteiger charge is -2.11. The van der Waals surface area contributed by atoms with Crippen molar-refractivity contribution < 1.29 is 0 Å². The van der Waals surface area contributed by atoms with Crippen molar-refractivity contribution in [1.82, 2.24) is 9.97 Å². The van der Waals surface area contributed by atoms with Crippen LogP contribution in [0.4, 0.5) is 5.95 Å². The molecule has 0 amide bonds. The second-order valence-corrected chi connectivity index (χ2v) is 4.04. The summed E-state index contributed by atoms with van der Waals surface area (Å²) >= 11 is 8.01. The molecule has 0 fully saturated rings. The first-order valence-electron chi connectivity index (χ1n) is 3.39. The van der Waals surface area contributed by atoms with E-state index in [9.17, 15) is 0 Å². The van der Waals surface area contributed by atoms with Gasteiger partial charge in [0.25, 0.3) is 0 Å². The van der Waals surface area contributed by atoms with Gasteiger partial charge in [0.2, 0.25) is 5.95 Å². The molecule has 0 N–H and O–H groups in total. The molecule has 5 heteroatoms. The second kappa shape index (κ2) is 3.74. The van der Waals surface area contributed by atoms with Crippen molar-refractivity contribution in [3.63, 3.8) is 0 Å². The third kappa shape index (κ3) is 1.98. The van der Waals surface area contributed by atoms with Crippen molar-refractivity contribution in [2.75, 3.05) is 19.0 Å². The molecule has 66 valence electrons. The van der Waals surface area contributed by atoms with Gasteiger partial charge in [-0.2, -0.15) is 4.98 Å². The van der Waals surface area contributed by atoms with Crippen LogP contribution in [0.3, 0.4) is 0 Å². The SMILES string of the molecule is Cc1nc(N(C)C)nc(Cl)c1I. The molecular formula is C7H9ClIN3. The van der Waals surface area contributed by atoms with Crippen LogP contribution < -0.4 is 4.90 Å². The predicted octanol–water partition coefficient (Wildman–Crippen LogP) is 2.11. The molecule has 0 atom stereocenters. The highest BCUT2D eigenvalue weighted by molar-refractivity contribution is 14.1. The van der Waals surface area contributed by atoms with E-state index in [1.165, 1.54) is 0 Å². The van der Waals surface area contributed by atoms with Gasteiger partial charge in [0, 0.05) is 14.1 Å². The normalized spacial score (nSPS) is 10.1. The zero-order chi connectivity index (χ0) is 9.30. The summed E-state index contributed by atoms with van der Waals surface area (Å²) in [5.41, 5.74) is 0.916. The minimum atomic E-state index is 0.520. The number of aromatic nitrogens is 2. The van der Waals surface area contributed by atoms with Gasteiger partial charge < -0.3 is 4.90 Å². The average Bonchev–Trinajstić information content (AvgIpc) is 1.99. The molecule has 0 saturated heterocycles. The molecule has 1 aromatic heterocycles. The summed E-state index contributed by atoms with van der Waals surface area (Å²) in [7, 11) is 3.77. The van der Waals surface area contributed by atoms with Gasteiger partial charge in [0.05, 0.1) is 9.26 Å². The lowest BCUT2D eigenvalue weighted by Crippen LogP contribution is -2.13. The first-order chi connectivity index (χ1) is 5.52. The molecule has 0 aliphatic carbocycles. The Kier molecular flexibility index (Phi) is 3.11. The van der Waals surface area contributed by atoms with Crippen LogP contribution in [0.25, 0.3) is 0 Å². The van der Waals surface area contributed by atoms with E-state index in [1.807, 2.05) is 25.9 Å². The summed E-state index contributed by atoms with van der Waals surface area (Å²) in [6.07, 6.45) is 0. The molecule has 1 rings (SSSR count).